The minimum Gasteiger partial charge on any atom is -0.493 e. The summed E-state index contributed by atoms with van der Waals surface area (Å²) in [5.41, 5.74) is 1.91. The van der Waals surface area contributed by atoms with Crippen LogP contribution in [0, 0.1) is 5.82 Å². The molecular formula is C30H22BrFN2O5S. The number of nitrogens with one attached hydrogen (secondary N) is 1. The van der Waals surface area contributed by atoms with Gasteiger partial charge in [0.05, 0.1) is 18.6 Å². The highest BCUT2D eigenvalue weighted by Crippen LogP contribution is 2.38. The summed E-state index contributed by atoms with van der Waals surface area (Å²) in [5, 5.41) is 4.30. The molecule has 0 radical (unpaired) electrons. The number of hydrogen-bond acceptors (Lipinski definition) is 6. The van der Waals surface area contributed by atoms with E-state index in [1.807, 2.05) is 42.5 Å². The van der Waals surface area contributed by atoms with Crippen LogP contribution in [0.25, 0.3) is 16.8 Å². The van der Waals surface area contributed by atoms with Gasteiger partial charge in [-0.15, -0.1) is 0 Å². The van der Waals surface area contributed by atoms with Crippen molar-refractivity contribution in [3.8, 4) is 11.5 Å². The van der Waals surface area contributed by atoms with E-state index in [4.69, 9.17) is 9.47 Å². The Kier molecular flexibility index (Phi) is 8.18. The third-order valence-electron chi connectivity index (χ3n) is 6.14. The Morgan fingerprint density at radius 1 is 1.02 bits per heavy atom. The largest absolute Gasteiger partial charge is 0.493 e. The van der Waals surface area contributed by atoms with Gasteiger partial charge >= 0.3 is 0 Å². The predicted octanol–water partition coefficient (Wildman–Crippen LogP) is 7.00. The Bertz CT molecular complexity index is 1650. The lowest BCUT2D eigenvalue weighted by Gasteiger charge is -2.14. The van der Waals surface area contributed by atoms with Crippen molar-refractivity contribution in [2.45, 2.75) is 6.54 Å². The zero-order chi connectivity index (χ0) is 28.2. The number of carbonyl (C=O) groups excluding carboxylic acids is 3. The van der Waals surface area contributed by atoms with E-state index in [1.54, 1.807) is 18.2 Å². The summed E-state index contributed by atoms with van der Waals surface area (Å²) in [7, 11) is 1.45. The van der Waals surface area contributed by atoms with Gasteiger partial charge in [-0.25, -0.2) is 4.39 Å². The Labute approximate surface area is 242 Å². The molecule has 4 aromatic rings. The van der Waals surface area contributed by atoms with Gasteiger partial charge in [-0.1, -0.05) is 58.4 Å². The van der Waals surface area contributed by atoms with Crippen LogP contribution in [0.1, 0.15) is 11.1 Å². The molecule has 0 aromatic heterocycles. The second kappa shape index (κ2) is 11.9. The molecule has 202 valence electrons. The van der Waals surface area contributed by atoms with Crippen LogP contribution in [0.4, 0.5) is 14.9 Å². The third-order valence-corrected chi connectivity index (χ3v) is 7.73. The smallest absolute Gasteiger partial charge is 0.293 e. The van der Waals surface area contributed by atoms with Gasteiger partial charge in [-0.2, -0.15) is 0 Å². The maximum Gasteiger partial charge on any atom is 0.293 e. The molecule has 0 bridgehead atoms. The molecule has 1 saturated heterocycles. The van der Waals surface area contributed by atoms with Crippen LogP contribution in [0.3, 0.4) is 0 Å². The molecule has 0 unspecified atom stereocenters. The lowest BCUT2D eigenvalue weighted by atomic mass is 10.0. The molecule has 3 amide bonds. The number of hydrogen-bond donors (Lipinski definition) is 1. The molecule has 0 saturated carbocycles. The van der Waals surface area contributed by atoms with E-state index >= 15 is 0 Å². The van der Waals surface area contributed by atoms with Crippen molar-refractivity contribution in [1.29, 1.82) is 0 Å². The van der Waals surface area contributed by atoms with Gasteiger partial charge < -0.3 is 14.8 Å². The molecule has 0 atom stereocenters. The van der Waals surface area contributed by atoms with Crippen LogP contribution in [-0.2, 0) is 16.1 Å². The average molecular weight is 621 g/mol. The highest BCUT2D eigenvalue weighted by atomic mass is 79.9. The molecule has 0 aliphatic carbocycles. The van der Waals surface area contributed by atoms with E-state index in [-0.39, 0.29) is 29.2 Å². The van der Waals surface area contributed by atoms with E-state index in [1.165, 1.54) is 36.3 Å². The number of ether oxygens (including phenoxy) is 2. The Hall–Kier alpha value is -4.15. The fraction of sp³-hybridized carbons (Fsp3) is 0.100. The maximum absolute atomic E-state index is 13.2. The number of amides is 3. The Morgan fingerprint density at radius 2 is 1.77 bits per heavy atom. The van der Waals surface area contributed by atoms with Gasteiger partial charge in [0.1, 0.15) is 5.82 Å². The first-order valence-corrected chi connectivity index (χ1v) is 13.7. The second-order valence-electron chi connectivity index (χ2n) is 8.77. The summed E-state index contributed by atoms with van der Waals surface area (Å²) in [6, 6.07) is 22.3. The summed E-state index contributed by atoms with van der Waals surface area (Å²) in [5.74, 6) is -0.595. The van der Waals surface area contributed by atoms with Crippen molar-refractivity contribution < 1.29 is 28.2 Å². The zero-order valence-corrected chi connectivity index (χ0v) is 23.6. The van der Waals surface area contributed by atoms with Gasteiger partial charge in [0.2, 0.25) is 0 Å². The van der Waals surface area contributed by atoms with Gasteiger partial charge in [-0.3, -0.25) is 19.3 Å². The van der Waals surface area contributed by atoms with Crippen LogP contribution in [-0.4, -0.2) is 35.7 Å². The zero-order valence-electron chi connectivity index (χ0n) is 21.1. The van der Waals surface area contributed by atoms with Crippen LogP contribution in [0.5, 0.6) is 11.5 Å². The number of fused-ring (bicyclic) bond motifs is 1. The molecule has 5 rings (SSSR count). The van der Waals surface area contributed by atoms with Crippen LogP contribution < -0.4 is 14.8 Å². The van der Waals surface area contributed by atoms with Crippen LogP contribution >= 0.6 is 27.7 Å². The standard InChI is InChI=1S/C30H22BrFN2O5S/c1-38-25-13-20(24(31)15-26(25)39-17-28(35)33-22-11-9-21(32)10-12-22)14-27-29(36)34(30(37)40-27)16-19-7-4-6-18-5-2-3-8-23(18)19/h2-15H,16-17H2,1H3,(H,33,35)/b27-14+. The monoisotopic (exact) mass is 620 g/mol. The summed E-state index contributed by atoms with van der Waals surface area (Å²) in [6.45, 7) is -0.146. The molecule has 40 heavy (non-hydrogen) atoms. The summed E-state index contributed by atoms with van der Waals surface area (Å²) < 4.78 is 24.7. The predicted molar refractivity (Wildman–Crippen MR) is 157 cm³/mol. The quantitative estimate of drug-likeness (QED) is 0.213. The van der Waals surface area contributed by atoms with E-state index < -0.39 is 11.7 Å². The van der Waals surface area contributed by atoms with E-state index in [0.29, 0.717) is 27.2 Å². The van der Waals surface area contributed by atoms with Crippen LogP contribution in [0.15, 0.2) is 88.2 Å². The number of thioether (sulfide) groups is 1. The fourth-order valence-corrected chi connectivity index (χ4v) is 5.45. The Morgan fingerprint density at radius 3 is 2.55 bits per heavy atom. The molecule has 1 aliphatic heterocycles. The van der Waals surface area contributed by atoms with Gasteiger partial charge in [0.25, 0.3) is 17.1 Å². The molecule has 7 nitrogen and oxygen atoms in total. The molecule has 0 spiro atoms. The first-order chi connectivity index (χ1) is 19.3. The fourth-order valence-electron chi connectivity index (χ4n) is 4.19. The molecule has 1 heterocycles. The van der Waals surface area contributed by atoms with Crippen molar-refractivity contribution in [2.24, 2.45) is 0 Å². The number of carbonyl (C=O) groups is 3. The topological polar surface area (TPSA) is 84.9 Å². The van der Waals surface area contributed by atoms with Gasteiger partial charge in [0.15, 0.2) is 18.1 Å². The van der Waals surface area contributed by atoms with Gasteiger partial charge in [0, 0.05) is 10.2 Å². The summed E-state index contributed by atoms with van der Waals surface area (Å²) >= 11 is 4.35. The SMILES string of the molecule is COc1cc(/C=C2/SC(=O)N(Cc3cccc4ccccc34)C2=O)c(Br)cc1OCC(=O)Nc1ccc(F)cc1. The highest BCUT2D eigenvalue weighted by molar-refractivity contribution is 9.10. The molecular weight excluding hydrogens is 599 g/mol. The number of halogens is 2. The van der Waals surface area contributed by atoms with Crippen molar-refractivity contribution in [3.05, 3.63) is 105 Å². The third kappa shape index (κ3) is 6.03. The summed E-state index contributed by atoms with van der Waals surface area (Å²) in [6.07, 6.45) is 1.62. The number of nitrogens with zero attached hydrogens (tertiary/aromatic N) is 1. The van der Waals surface area contributed by atoms with E-state index in [2.05, 4.69) is 21.2 Å². The van der Waals surface area contributed by atoms with Crippen molar-refractivity contribution in [1.82, 2.24) is 4.90 Å². The first kappa shape index (κ1) is 27.4. The number of imide groups is 1. The molecule has 1 aliphatic rings. The molecule has 1 N–H and O–H groups in total. The molecule has 1 fully saturated rings. The minimum atomic E-state index is -0.436. The first-order valence-electron chi connectivity index (χ1n) is 12.1. The van der Waals surface area contributed by atoms with Crippen molar-refractivity contribution >= 4 is 67.3 Å². The second-order valence-corrected chi connectivity index (χ2v) is 10.6. The minimum absolute atomic E-state index is 0.167. The molecule has 4 aromatic carbocycles. The summed E-state index contributed by atoms with van der Waals surface area (Å²) in [4.78, 5) is 39.8. The van der Waals surface area contributed by atoms with Crippen molar-refractivity contribution in [3.63, 3.8) is 0 Å². The highest BCUT2D eigenvalue weighted by Gasteiger charge is 2.35. The number of benzene rings is 4. The van der Waals surface area contributed by atoms with E-state index in [0.717, 1.165) is 28.1 Å². The average Bonchev–Trinajstić information content (AvgIpc) is 3.21. The lowest BCUT2D eigenvalue weighted by molar-refractivity contribution is -0.123. The van der Waals surface area contributed by atoms with Crippen molar-refractivity contribution in [2.75, 3.05) is 19.0 Å². The Balaban J connectivity index is 1.30. The maximum atomic E-state index is 13.2. The molecule has 10 heteroatoms. The van der Waals surface area contributed by atoms with Crippen LogP contribution in [0.2, 0.25) is 0 Å². The normalized spacial score (nSPS) is 14.2. The van der Waals surface area contributed by atoms with E-state index in [9.17, 15) is 18.8 Å². The lowest BCUT2D eigenvalue weighted by Crippen LogP contribution is -2.27. The van der Waals surface area contributed by atoms with Gasteiger partial charge in [-0.05, 0) is 76.1 Å². The number of anilines is 1. The number of methoxy groups -OCH3 is 1. The number of rotatable bonds is 8.